The molecule has 14 heavy (non-hydrogen) atoms. The fourth-order valence-corrected chi connectivity index (χ4v) is 1.32. The van der Waals surface area contributed by atoms with E-state index in [9.17, 15) is 15.3 Å². The van der Waals surface area contributed by atoms with Crippen molar-refractivity contribution in [1.29, 1.82) is 0 Å². The summed E-state index contributed by atoms with van der Waals surface area (Å²) < 4.78 is 9.88. The fourth-order valence-electron chi connectivity index (χ4n) is 1.32. The van der Waals surface area contributed by atoms with Crippen LogP contribution in [-0.2, 0) is 9.47 Å². The van der Waals surface area contributed by atoms with Crippen molar-refractivity contribution in [2.24, 2.45) is 0 Å². The van der Waals surface area contributed by atoms with E-state index in [2.05, 4.69) is 6.92 Å². The molecular formula is C8H15O6. The van der Waals surface area contributed by atoms with Gasteiger partial charge < -0.3 is 29.9 Å². The zero-order valence-electron chi connectivity index (χ0n) is 7.61. The molecule has 5 atom stereocenters. The topological polar surface area (TPSA) is 99.4 Å². The lowest BCUT2D eigenvalue weighted by molar-refractivity contribution is -0.298. The Kier molecular flexibility index (Phi) is 4.24. The first-order chi connectivity index (χ1) is 6.61. The van der Waals surface area contributed by atoms with Crippen molar-refractivity contribution in [2.45, 2.75) is 30.7 Å². The summed E-state index contributed by atoms with van der Waals surface area (Å²) in [5.41, 5.74) is 0. The minimum atomic E-state index is -1.39. The molecule has 0 amide bonds. The minimum absolute atomic E-state index is 0.0582. The van der Waals surface area contributed by atoms with E-state index < -0.39 is 37.3 Å². The molecule has 1 aliphatic heterocycles. The van der Waals surface area contributed by atoms with E-state index in [0.717, 1.165) is 0 Å². The van der Waals surface area contributed by atoms with Gasteiger partial charge in [-0.25, -0.2) is 0 Å². The van der Waals surface area contributed by atoms with Crippen molar-refractivity contribution in [2.75, 3.05) is 13.2 Å². The maximum atomic E-state index is 9.38. The van der Waals surface area contributed by atoms with Crippen LogP contribution in [0.4, 0.5) is 0 Å². The van der Waals surface area contributed by atoms with Crippen molar-refractivity contribution in [3.8, 4) is 0 Å². The molecule has 0 aromatic carbocycles. The molecule has 0 spiro atoms. The number of hydrogen-bond donors (Lipinski definition) is 4. The average molecular weight is 207 g/mol. The first kappa shape index (κ1) is 11.8. The minimum Gasteiger partial charge on any atom is -0.394 e. The van der Waals surface area contributed by atoms with Crippen LogP contribution in [0.5, 0.6) is 0 Å². The third kappa shape index (κ3) is 2.22. The zero-order valence-corrected chi connectivity index (χ0v) is 7.61. The van der Waals surface area contributed by atoms with Crippen molar-refractivity contribution in [3.63, 3.8) is 0 Å². The highest BCUT2D eigenvalue weighted by molar-refractivity contribution is 4.88. The number of ether oxygens (including phenoxy) is 2. The molecule has 1 heterocycles. The number of rotatable bonds is 3. The number of aliphatic hydroxyl groups excluding tert-OH is 4. The molecule has 1 saturated heterocycles. The molecule has 6 heteroatoms. The highest BCUT2D eigenvalue weighted by atomic mass is 16.7. The largest absolute Gasteiger partial charge is 0.394 e. The van der Waals surface area contributed by atoms with Gasteiger partial charge in [0, 0.05) is 6.61 Å². The summed E-state index contributed by atoms with van der Waals surface area (Å²) in [6.45, 7) is 2.99. The van der Waals surface area contributed by atoms with Gasteiger partial charge in [-0.05, 0) is 6.92 Å². The van der Waals surface area contributed by atoms with Crippen LogP contribution in [-0.4, -0.2) is 64.3 Å². The van der Waals surface area contributed by atoms with Crippen LogP contribution in [0.15, 0.2) is 0 Å². The summed E-state index contributed by atoms with van der Waals surface area (Å²) in [4.78, 5) is 0. The molecule has 0 aromatic rings. The molecule has 83 valence electrons. The Morgan fingerprint density at radius 1 is 1.14 bits per heavy atom. The van der Waals surface area contributed by atoms with Crippen molar-refractivity contribution < 1.29 is 29.9 Å². The third-order valence-corrected chi connectivity index (χ3v) is 2.13. The van der Waals surface area contributed by atoms with Gasteiger partial charge in [0.25, 0.3) is 0 Å². The SMILES string of the molecule is [CH2]CO[C@@H]1O[C@H](CO)[C@H](O)[C@H](O)[C@@H]1O. The maximum Gasteiger partial charge on any atom is 0.186 e. The van der Waals surface area contributed by atoms with Crippen molar-refractivity contribution in [1.82, 2.24) is 0 Å². The van der Waals surface area contributed by atoms with E-state index in [1.165, 1.54) is 0 Å². The molecule has 0 aromatic heterocycles. The molecule has 0 aliphatic carbocycles. The molecule has 1 rings (SSSR count). The zero-order chi connectivity index (χ0) is 10.7. The Balaban J connectivity index is 2.63. The highest BCUT2D eigenvalue weighted by Crippen LogP contribution is 2.21. The van der Waals surface area contributed by atoms with Crippen LogP contribution >= 0.6 is 0 Å². The summed E-state index contributed by atoms with van der Waals surface area (Å²) in [5, 5.41) is 36.9. The van der Waals surface area contributed by atoms with Gasteiger partial charge in [-0.15, -0.1) is 0 Å². The fraction of sp³-hybridized carbons (Fsp3) is 0.875. The molecule has 0 bridgehead atoms. The van der Waals surface area contributed by atoms with Gasteiger partial charge >= 0.3 is 0 Å². The lowest BCUT2D eigenvalue weighted by Crippen LogP contribution is -2.59. The molecule has 0 saturated carbocycles. The van der Waals surface area contributed by atoms with Gasteiger partial charge in [0.1, 0.15) is 24.4 Å². The van der Waals surface area contributed by atoms with Crippen LogP contribution in [0.3, 0.4) is 0 Å². The summed E-state index contributed by atoms with van der Waals surface area (Å²) in [7, 11) is 0. The highest BCUT2D eigenvalue weighted by Gasteiger charge is 2.43. The average Bonchev–Trinajstić information content (AvgIpc) is 2.19. The Hall–Kier alpha value is -0.240. The summed E-state index contributed by atoms with van der Waals surface area (Å²) in [5.74, 6) is 0. The van der Waals surface area contributed by atoms with Crippen LogP contribution in [0, 0.1) is 6.92 Å². The van der Waals surface area contributed by atoms with Gasteiger partial charge in [0.2, 0.25) is 0 Å². The third-order valence-electron chi connectivity index (χ3n) is 2.13. The molecule has 0 unspecified atom stereocenters. The van der Waals surface area contributed by atoms with E-state index in [0.29, 0.717) is 0 Å². The second-order valence-electron chi connectivity index (χ2n) is 3.07. The summed E-state index contributed by atoms with van der Waals surface area (Å²) >= 11 is 0. The second-order valence-corrected chi connectivity index (χ2v) is 3.07. The predicted molar refractivity (Wildman–Crippen MR) is 45.1 cm³/mol. The molecular weight excluding hydrogens is 192 g/mol. The van der Waals surface area contributed by atoms with E-state index in [1.807, 2.05) is 0 Å². The smallest absolute Gasteiger partial charge is 0.186 e. The van der Waals surface area contributed by atoms with Gasteiger partial charge in [-0.2, -0.15) is 0 Å². The van der Waals surface area contributed by atoms with Gasteiger partial charge in [0.05, 0.1) is 6.61 Å². The van der Waals surface area contributed by atoms with E-state index in [4.69, 9.17) is 14.6 Å². The Morgan fingerprint density at radius 2 is 1.79 bits per heavy atom. The van der Waals surface area contributed by atoms with Crippen LogP contribution in [0.1, 0.15) is 0 Å². The number of hydrogen-bond acceptors (Lipinski definition) is 6. The first-order valence-electron chi connectivity index (χ1n) is 4.33. The van der Waals surface area contributed by atoms with Crippen molar-refractivity contribution in [3.05, 3.63) is 6.92 Å². The van der Waals surface area contributed by atoms with E-state index in [-0.39, 0.29) is 6.61 Å². The first-order valence-corrected chi connectivity index (χ1v) is 4.33. The Morgan fingerprint density at radius 3 is 2.29 bits per heavy atom. The molecule has 4 N–H and O–H groups in total. The predicted octanol–water partition coefficient (Wildman–Crippen LogP) is -2.36. The quantitative estimate of drug-likeness (QED) is 0.413. The molecule has 1 fully saturated rings. The second kappa shape index (κ2) is 5.01. The van der Waals surface area contributed by atoms with Crippen molar-refractivity contribution >= 4 is 0 Å². The standard InChI is InChI=1S/C8H15O6/c1-2-13-8-7(12)6(11)5(10)4(3-9)14-8/h4-12H,1-3H2/t4-,5+,6+,7+,8-/m1/s1. The molecule has 1 aliphatic rings. The van der Waals surface area contributed by atoms with Crippen LogP contribution in [0.25, 0.3) is 0 Å². The van der Waals surface area contributed by atoms with Crippen LogP contribution < -0.4 is 0 Å². The molecule has 1 radical (unpaired) electrons. The monoisotopic (exact) mass is 207 g/mol. The lowest BCUT2D eigenvalue weighted by Gasteiger charge is -2.39. The van der Waals surface area contributed by atoms with E-state index >= 15 is 0 Å². The Bertz CT molecular complexity index is 171. The summed E-state index contributed by atoms with van der Waals surface area (Å²) in [6.07, 6.45) is -6.07. The van der Waals surface area contributed by atoms with Gasteiger partial charge in [-0.1, -0.05) is 0 Å². The molecule has 6 nitrogen and oxygen atoms in total. The van der Waals surface area contributed by atoms with Gasteiger partial charge in [-0.3, -0.25) is 0 Å². The van der Waals surface area contributed by atoms with Gasteiger partial charge in [0.15, 0.2) is 6.29 Å². The maximum absolute atomic E-state index is 9.38. The Labute approximate surface area is 81.7 Å². The normalized spacial score (nSPS) is 43.9. The summed E-state index contributed by atoms with van der Waals surface area (Å²) in [6, 6.07) is 0. The van der Waals surface area contributed by atoms with E-state index in [1.54, 1.807) is 0 Å². The number of aliphatic hydroxyl groups is 4. The van der Waals surface area contributed by atoms with Crippen LogP contribution in [0.2, 0.25) is 0 Å². The lowest BCUT2D eigenvalue weighted by atomic mass is 9.99.